The van der Waals surface area contributed by atoms with Gasteiger partial charge in [-0.1, -0.05) is 6.92 Å². The second-order valence-electron chi connectivity index (χ2n) is 8.39. The molecule has 9 heteroatoms. The first-order chi connectivity index (χ1) is 12.7. The lowest BCUT2D eigenvalue weighted by atomic mass is 9.99. The number of hydrogen-bond acceptors (Lipinski definition) is 5. The van der Waals surface area contributed by atoms with Crippen molar-refractivity contribution in [2.75, 3.05) is 40.3 Å². The van der Waals surface area contributed by atoms with E-state index in [4.69, 9.17) is 9.47 Å². The molecule has 0 aromatic carbocycles. The highest BCUT2D eigenvalue weighted by Gasteiger charge is 2.37. The standard InChI is InChI=1S/C19H34N4O4.HI/c1-13-11-22(12-15(13)16(24)26-6)17(20-5)21-9-10-23(14-7-8-14)18(25)27-19(2,3)4;/h13-15H,7-12H2,1-6H3,(H,20,21);1H. The van der Waals surface area contributed by atoms with E-state index in [1.54, 1.807) is 11.9 Å². The van der Waals surface area contributed by atoms with Crippen molar-refractivity contribution in [1.29, 1.82) is 0 Å². The average Bonchev–Trinajstić information content (AvgIpc) is 3.34. The molecule has 0 bridgehead atoms. The Labute approximate surface area is 185 Å². The number of rotatable bonds is 5. The zero-order valence-electron chi connectivity index (χ0n) is 17.9. The van der Waals surface area contributed by atoms with E-state index in [0.29, 0.717) is 19.6 Å². The molecule has 1 heterocycles. The molecular weight excluding hydrogens is 475 g/mol. The minimum absolute atomic E-state index is 0. The minimum atomic E-state index is -0.498. The number of likely N-dealkylation sites (tertiary alicyclic amines) is 1. The highest BCUT2D eigenvalue weighted by atomic mass is 127. The number of carbonyl (C=O) groups is 2. The van der Waals surface area contributed by atoms with Gasteiger partial charge in [0.1, 0.15) is 5.60 Å². The van der Waals surface area contributed by atoms with Crippen molar-refractivity contribution in [2.24, 2.45) is 16.8 Å². The van der Waals surface area contributed by atoms with E-state index in [2.05, 4.69) is 15.2 Å². The number of methoxy groups -OCH3 is 1. The molecule has 1 amide bonds. The van der Waals surface area contributed by atoms with Crippen LogP contribution >= 0.6 is 24.0 Å². The Balaban J connectivity index is 0.00000392. The van der Waals surface area contributed by atoms with Crippen LogP contribution in [0.1, 0.15) is 40.5 Å². The van der Waals surface area contributed by atoms with E-state index in [1.165, 1.54) is 7.11 Å². The summed E-state index contributed by atoms with van der Waals surface area (Å²) in [6.45, 7) is 10.2. The number of guanidine groups is 1. The number of hydrogen-bond donors (Lipinski definition) is 1. The molecule has 8 nitrogen and oxygen atoms in total. The Morgan fingerprint density at radius 3 is 2.39 bits per heavy atom. The number of carbonyl (C=O) groups excluding carboxylic acids is 2. The van der Waals surface area contributed by atoms with E-state index >= 15 is 0 Å². The molecular formula is C19H35IN4O4. The van der Waals surface area contributed by atoms with Gasteiger partial charge >= 0.3 is 12.1 Å². The van der Waals surface area contributed by atoms with Crippen LogP contribution in [-0.2, 0) is 14.3 Å². The van der Waals surface area contributed by atoms with Crippen LogP contribution in [0.25, 0.3) is 0 Å². The molecule has 2 unspecified atom stereocenters. The summed E-state index contributed by atoms with van der Waals surface area (Å²) in [5, 5.41) is 3.31. The number of halogens is 1. The van der Waals surface area contributed by atoms with E-state index in [1.807, 2.05) is 27.7 Å². The number of nitrogens with zero attached hydrogens (tertiary/aromatic N) is 3. The Kier molecular flexibility index (Phi) is 9.29. The molecule has 0 spiro atoms. The van der Waals surface area contributed by atoms with Crippen molar-refractivity contribution in [3.05, 3.63) is 0 Å². The molecule has 0 aromatic heterocycles. The van der Waals surface area contributed by atoms with Crippen LogP contribution in [-0.4, -0.2) is 79.8 Å². The first kappa shape index (κ1) is 24.8. The molecule has 162 valence electrons. The van der Waals surface area contributed by atoms with Gasteiger partial charge in [-0.15, -0.1) is 24.0 Å². The second-order valence-corrected chi connectivity index (χ2v) is 8.39. The number of amides is 1. The molecule has 1 saturated heterocycles. The van der Waals surface area contributed by atoms with Gasteiger partial charge in [0.25, 0.3) is 0 Å². The Bertz CT molecular complexity index is 575. The lowest BCUT2D eigenvalue weighted by Crippen LogP contribution is -2.46. The highest BCUT2D eigenvalue weighted by Crippen LogP contribution is 2.28. The molecule has 1 saturated carbocycles. The number of ether oxygens (including phenoxy) is 2. The molecule has 2 atom stereocenters. The van der Waals surface area contributed by atoms with Crippen molar-refractivity contribution in [2.45, 2.75) is 52.2 Å². The van der Waals surface area contributed by atoms with Gasteiger partial charge in [0, 0.05) is 39.3 Å². The normalized spacial score (nSPS) is 22.4. The zero-order chi connectivity index (χ0) is 20.2. The summed E-state index contributed by atoms with van der Waals surface area (Å²) in [5.41, 5.74) is -0.498. The van der Waals surface area contributed by atoms with Gasteiger partial charge in [0.2, 0.25) is 0 Å². The Morgan fingerprint density at radius 1 is 1.25 bits per heavy atom. The molecule has 28 heavy (non-hydrogen) atoms. The predicted molar refractivity (Wildman–Crippen MR) is 119 cm³/mol. The quantitative estimate of drug-likeness (QED) is 0.265. The van der Waals surface area contributed by atoms with E-state index in [0.717, 1.165) is 25.3 Å². The van der Waals surface area contributed by atoms with Gasteiger partial charge in [0.15, 0.2) is 5.96 Å². The van der Waals surface area contributed by atoms with Crippen molar-refractivity contribution < 1.29 is 19.1 Å². The summed E-state index contributed by atoms with van der Waals surface area (Å²) in [6.07, 6.45) is 1.79. The van der Waals surface area contributed by atoms with Crippen molar-refractivity contribution in [1.82, 2.24) is 15.1 Å². The zero-order valence-corrected chi connectivity index (χ0v) is 20.2. The third-order valence-electron chi connectivity index (χ3n) is 4.88. The van der Waals surface area contributed by atoms with Gasteiger partial charge in [0.05, 0.1) is 13.0 Å². The van der Waals surface area contributed by atoms with Crippen LogP contribution < -0.4 is 5.32 Å². The van der Waals surface area contributed by atoms with Crippen LogP contribution in [0.2, 0.25) is 0 Å². The molecule has 1 aliphatic carbocycles. The predicted octanol–water partition coefficient (Wildman–Crippen LogP) is 2.32. The van der Waals surface area contributed by atoms with Gasteiger partial charge < -0.3 is 24.6 Å². The summed E-state index contributed by atoms with van der Waals surface area (Å²) >= 11 is 0. The fraction of sp³-hybridized carbons (Fsp3) is 0.842. The van der Waals surface area contributed by atoms with Crippen LogP contribution in [0.3, 0.4) is 0 Å². The number of esters is 1. The molecule has 2 aliphatic rings. The third kappa shape index (κ3) is 6.97. The Morgan fingerprint density at radius 2 is 1.89 bits per heavy atom. The SMILES string of the molecule is CN=C(NCCN(C(=O)OC(C)(C)C)C1CC1)N1CC(C)C(C(=O)OC)C1.I. The van der Waals surface area contributed by atoms with Crippen LogP contribution in [0.15, 0.2) is 4.99 Å². The van der Waals surface area contributed by atoms with Crippen LogP contribution in [0, 0.1) is 11.8 Å². The summed E-state index contributed by atoms with van der Waals surface area (Å²) < 4.78 is 10.4. The van der Waals surface area contributed by atoms with E-state index < -0.39 is 5.60 Å². The van der Waals surface area contributed by atoms with Gasteiger partial charge in [-0.2, -0.15) is 0 Å². The van der Waals surface area contributed by atoms with Crippen LogP contribution in [0.4, 0.5) is 4.79 Å². The maximum absolute atomic E-state index is 12.4. The average molecular weight is 510 g/mol. The molecule has 1 aliphatic heterocycles. The largest absolute Gasteiger partial charge is 0.469 e. The fourth-order valence-corrected chi connectivity index (χ4v) is 3.35. The number of aliphatic imine (C=N–C) groups is 1. The molecule has 2 fully saturated rings. The van der Waals surface area contributed by atoms with Crippen molar-refractivity contribution in [3.8, 4) is 0 Å². The summed E-state index contributed by atoms with van der Waals surface area (Å²) in [4.78, 5) is 32.5. The van der Waals surface area contributed by atoms with Gasteiger partial charge in [-0.05, 0) is 39.5 Å². The summed E-state index contributed by atoms with van der Waals surface area (Å²) in [7, 11) is 3.15. The summed E-state index contributed by atoms with van der Waals surface area (Å²) in [6, 6.07) is 0.277. The Hall–Kier alpha value is -1.26. The van der Waals surface area contributed by atoms with Crippen LogP contribution in [0.5, 0.6) is 0 Å². The molecule has 1 N–H and O–H groups in total. The first-order valence-corrected chi connectivity index (χ1v) is 9.69. The first-order valence-electron chi connectivity index (χ1n) is 9.69. The topological polar surface area (TPSA) is 83.5 Å². The number of nitrogens with one attached hydrogen (secondary N) is 1. The maximum atomic E-state index is 12.4. The fourth-order valence-electron chi connectivity index (χ4n) is 3.35. The van der Waals surface area contributed by atoms with Gasteiger partial charge in [-0.3, -0.25) is 9.79 Å². The van der Waals surface area contributed by atoms with E-state index in [9.17, 15) is 9.59 Å². The molecule has 0 radical (unpaired) electrons. The monoisotopic (exact) mass is 510 g/mol. The molecule has 0 aromatic rings. The maximum Gasteiger partial charge on any atom is 0.410 e. The minimum Gasteiger partial charge on any atom is -0.469 e. The summed E-state index contributed by atoms with van der Waals surface area (Å²) in [5.74, 6) is 0.637. The lowest BCUT2D eigenvalue weighted by molar-refractivity contribution is -0.146. The highest BCUT2D eigenvalue weighted by molar-refractivity contribution is 14.0. The van der Waals surface area contributed by atoms with E-state index in [-0.39, 0.29) is 53.9 Å². The second kappa shape index (κ2) is 10.5. The van der Waals surface area contributed by atoms with Crippen molar-refractivity contribution >= 4 is 42.0 Å². The molecule has 2 rings (SSSR count). The lowest BCUT2D eigenvalue weighted by Gasteiger charge is -2.28. The smallest absolute Gasteiger partial charge is 0.410 e. The van der Waals surface area contributed by atoms with Crippen molar-refractivity contribution in [3.63, 3.8) is 0 Å². The third-order valence-corrected chi connectivity index (χ3v) is 4.88. The van der Waals surface area contributed by atoms with Gasteiger partial charge in [-0.25, -0.2) is 4.79 Å².